The summed E-state index contributed by atoms with van der Waals surface area (Å²) in [7, 11) is 0. The minimum Gasteiger partial charge on any atom is -0.0683 e. The lowest BCUT2D eigenvalue weighted by Gasteiger charge is -2.14. The summed E-state index contributed by atoms with van der Waals surface area (Å²) in [6.07, 6.45) is 5.29. The zero-order chi connectivity index (χ0) is 14.0. The molecule has 2 atom stereocenters. The lowest BCUT2D eigenvalue weighted by atomic mass is 9.92. The topological polar surface area (TPSA) is 0 Å². The predicted molar refractivity (Wildman–Crippen MR) is 84.1 cm³/mol. The molecule has 18 heavy (non-hydrogen) atoms. The van der Waals surface area contributed by atoms with Gasteiger partial charge in [0.25, 0.3) is 0 Å². The largest absolute Gasteiger partial charge is 0.0683 e. The van der Waals surface area contributed by atoms with Gasteiger partial charge in [-0.1, -0.05) is 83.7 Å². The Morgan fingerprint density at radius 3 is 1.89 bits per heavy atom. The molecular weight excluding hydrogens is 216 g/mol. The number of benzene rings is 1. The number of hydrogen-bond donors (Lipinski definition) is 0. The molecule has 0 bridgehead atoms. The van der Waals surface area contributed by atoms with Crippen molar-refractivity contribution in [2.24, 2.45) is 11.8 Å². The molecule has 0 aliphatic carbocycles. The van der Waals surface area contributed by atoms with Crippen molar-refractivity contribution in [1.29, 1.82) is 0 Å². The highest BCUT2D eigenvalue weighted by molar-refractivity contribution is 5.21. The van der Waals surface area contributed by atoms with Crippen molar-refractivity contribution in [3.05, 3.63) is 35.4 Å². The van der Waals surface area contributed by atoms with Gasteiger partial charge in [0.1, 0.15) is 0 Å². The van der Waals surface area contributed by atoms with Crippen LogP contribution >= 0.6 is 0 Å². The minimum absolute atomic E-state index is 0.816. The first-order chi connectivity index (χ1) is 8.61. The Labute approximate surface area is 115 Å². The Hall–Kier alpha value is -0.780. The molecule has 0 spiro atoms. The molecule has 1 rings (SSSR count). The summed E-state index contributed by atoms with van der Waals surface area (Å²) in [5.74, 6) is 1.71. The molecule has 0 radical (unpaired) electrons. The van der Waals surface area contributed by atoms with Crippen LogP contribution in [0.25, 0.3) is 0 Å². The zero-order valence-corrected chi connectivity index (χ0v) is 13.3. The van der Waals surface area contributed by atoms with Gasteiger partial charge in [0.15, 0.2) is 0 Å². The standard InChI is InChI=1S/C16H26.C2H6/c1-5-13(2)6-7-15(4)12-16-10-8-14(3)9-11-16;1-2/h8-11,13,15H,5-7,12H2,1-4H3;1-2H3. The van der Waals surface area contributed by atoms with Crippen LogP contribution in [0.1, 0.15) is 65.0 Å². The first-order valence-electron chi connectivity index (χ1n) is 7.67. The molecule has 0 aliphatic rings. The van der Waals surface area contributed by atoms with E-state index in [2.05, 4.69) is 52.0 Å². The molecule has 0 heteroatoms. The summed E-state index contributed by atoms with van der Waals surface area (Å²) in [6, 6.07) is 8.98. The molecule has 0 N–H and O–H groups in total. The van der Waals surface area contributed by atoms with Crippen LogP contribution in [0, 0.1) is 18.8 Å². The average Bonchev–Trinajstić information content (AvgIpc) is 2.41. The minimum atomic E-state index is 0.816. The molecule has 2 unspecified atom stereocenters. The highest BCUT2D eigenvalue weighted by Gasteiger charge is 2.06. The SMILES string of the molecule is CC.CCC(C)CCC(C)Cc1ccc(C)cc1. The van der Waals surface area contributed by atoms with Gasteiger partial charge in [-0.25, -0.2) is 0 Å². The average molecular weight is 248 g/mol. The third-order valence-electron chi connectivity index (χ3n) is 3.55. The van der Waals surface area contributed by atoms with E-state index in [0.717, 1.165) is 11.8 Å². The monoisotopic (exact) mass is 248 g/mol. The van der Waals surface area contributed by atoms with Gasteiger partial charge in [0, 0.05) is 0 Å². The second-order valence-electron chi connectivity index (χ2n) is 5.39. The van der Waals surface area contributed by atoms with E-state index in [1.54, 1.807) is 0 Å². The van der Waals surface area contributed by atoms with Crippen molar-refractivity contribution in [2.45, 2.75) is 67.2 Å². The molecule has 0 aliphatic heterocycles. The van der Waals surface area contributed by atoms with Gasteiger partial charge < -0.3 is 0 Å². The molecule has 0 aromatic heterocycles. The summed E-state index contributed by atoms with van der Waals surface area (Å²) >= 11 is 0. The molecule has 0 saturated carbocycles. The van der Waals surface area contributed by atoms with Crippen LogP contribution in [-0.4, -0.2) is 0 Å². The Balaban J connectivity index is 0.00000137. The van der Waals surface area contributed by atoms with Crippen LogP contribution in [0.3, 0.4) is 0 Å². The van der Waals surface area contributed by atoms with Crippen LogP contribution in [0.2, 0.25) is 0 Å². The first-order valence-corrected chi connectivity index (χ1v) is 7.67. The third kappa shape index (κ3) is 7.53. The van der Waals surface area contributed by atoms with Crippen molar-refractivity contribution < 1.29 is 0 Å². The third-order valence-corrected chi connectivity index (χ3v) is 3.55. The molecule has 1 aromatic rings. The predicted octanol–water partition coefficient (Wildman–Crippen LogP) is 6.03. The van der Waals surface area contributed by atoms with Crippen molar-refractivity contribution in [1.82, 2.24) is 0 Å². The lowest BCUT2D eigenvalue weighted by molar-refractivity contribution is 0.421. The second kappa shape index (κ2) is 10.2. The fourth-order valence-electron chi connectivity index (χ4n) is 2.00. The van der Waals surface area contributed by atoms with Crippen molar-refractivity contribution >= 4 is 0 Å². The normalized spacial score (nSPS) is 13.4. The van der Waals surface area contributed by atoms with Crippen LogP contribution in [-0.2, 0) is 6.42 Å². The van der Waals surface area contributed by atoms with Gasteiger partial charge in [-0.3, -0.25) is 0 Å². The van der Waals surface area contributed by atoms with E-state index in [-0.39, 0.29) is 0 Å². The fourth-order valence-corrected chi connectivity index (χ4v) is 2.00. The van der Waals surface area contributed by atoms with Gasteiger partial charge >= 0.3 is 0 Å². The molecule has 0 fully saturated rings. The van der Waals surface area contributed by atoms with E-state index in [9.17, 15) is 0 Å². The van der Waals surface area contributed by atoms with Crippen LogP contribution < -0.4 is 0 Å². The molecule has 0 amide bonds. The molecule has 0 heterocycles. The van der Waals surface area contributed by atoms with Gasteiger partial charge in [-0.05, 0) is 30.7 Å². The second-order valence-corrected chi connectivity index (χ2v) is 5.39. The van der Waals surface area contributed by atoms with E-state index in [0.29, 0.717) is 0 Å². The zero-order valence-electron chi connectivity index (χ0n) is 13.3. The highest BCUT2D eigenvalue weighted by Crippen LogP contribution is 2.18. The fraction of sp³-hybridized carbons (Fsp3) is 0.667. The summed E-state index contributed by atoms with van der Waals surface area (Å²) in [6.45, 7) is 13.2. The van der Waals surface area contributed by atoms with Crippen molar-refractivity contribution in [3.8, 4) is 0 Å². The Morgan fingerprint density at radius 2 is 1.39 bits per heavy atom. The van der Waals surface area contributed by atoms with Gasteiger partial charge in [0.2, 0.25) is 0 Å². The summed E-state index contributed by atoms with van der Waals surface area (Å²) < 4.78 is 0. The molecular formula is C18H32. The van der Waals surface area contributed by atoms with E-state index in [1.807, 2.05) is 13.8 Å². The van der Waals surface area contributed by atoms with Crippen LogP contribution in [0.15, 0.2) is 24.3 Å². The Bertz CT molecular complexity index is 283. The van der Waals surface area contributed by atoms with Crippen LogP contribution in [0.4, 0.5) is 0 Å². The van der Waals surface area contributed by atoms with Crippen molar-refractivity contribution in [3.63, 3.8) is 0 Å². The maximum atomic E-state index is 2.38. The van der Waals surface area contributed by atoms with Crippen molar-refractivity contribution in [2.75, 3.05) is 0 Å². The molecule has 1 aromatic carbocycles. The molecule has 0 nitrogen and oxygen atoms in total. The summed E-state index contributed by atoms with van der Waals surface area (Å²) in [5.41, 5.74) is 2.85. The van der Waals surface area contributed by atoms with Gasteiger partial charge in [0.05, 0.1) is 0 Å². The Morgan fingerprint density at radius 1 is 0.889 bits per heavy atom. The lowest BCUT2D eigenvalue weighted by Crippen LogP contribution is -2.03. The number of hydrogen-bond acceptors (Lipinski definition) is 0. The van der Waals surface area contributed by atoms with E-state index >= 15 is 0 Å². The van der Waals surface area contributed by atoms with Crippen LogP contribution in [0.5, 0.6) is 0 Å². The number of aryl methyl sites for hydroxylation is 1. The maximum Gasteiger partial charge on any atom is -0.0253 e. The van der Waals surface area contributed by atoms with Gasteiger partial charge in [-0.15, -0.1) is 0 Å². The van der Waals surface area contributed by atoms with Gasteiger partial charge in [-0.2, -0.15) is 0 Å². The Kier molecular flexibility index (Phi) is 9.73. The molecule has 104 valence electrons. The number of rotatable bonds is 6. The van der Waals surface area contributed by atoms with E-state index in [4.69, 9.17) is 0 Å². The smallest absolute Gasteiger partial charge is 0.0253 e. The first kappa shape index (κ1) is 17.2. The summed E-state index contributed by atoms with van der Waals surface area (Å²) in [4.78, 5) is 0. The van der Waals surface area contributed by atoms with E-state index < -0.39 is 0 Å². The highest BCUT2D eigenvalue weighted by atomic mass is 14.1. The summed E-state index contributed by atoms with van der Waals surface area (Å²) in [5, 5.41) is 0. The maximum absolute atomic E-state index is 2.38. The van der Waals surface area contributed by atoms with E-state index in [1.165, 1.54) is 36.8 Å². The quantitative estimate of drug-likeness (QED) is 0.577. The molecule has 0 saturated heterocycles.